The predicted octanol–water partition coefficient (Wildman–Crippen LogP) is 3.73. The molecular weight excluding hydrogens is 328 g/mol. The van der Waals surface area contributed by atoms with Crippen molar-refractivity contribution in [3.05, 3.63) is 66.2 Å². The lowest BCUT2D eigenvalue weighted by Gasteiger charge is -2.11. The summed E-state index contributed by atoms with van der Waals surface area (Å²) in [5.41, 5.74) is 1.19. The number of rotatable bonds is 7. The third kappa shape index (κ3) is 4.69. The van der Waals surface area contributed by atoms with Gasteiger partial charge in [-0.2, -0.15) is 0 Å². The largest absolute Gasteiger partial charge is 0.467 e. The van der Waals surface area contributed by atoms with Crippen LogP contribution in [0.3, 0.4) is 0 Å². The summed E-state index contributed by atoms with van der Waals surface area (Å²) in [5.74, 6) is 2.02. The van der Waals surface area contributed by atoms with Crippen LogP contribution in [-0.2, 0) is 6.54 Å². The summed E-state index contributed by atoms with van der Waals surface area (Å²) >= 11 is 0. The van der Waals surface area contributed by atoms with Crippen molar-refractivity contribution >= 4 is 11.7 Å². The van der Waals surface area contributed by atoms with E-state index in [4.69, 9.17) is 4.42 Å². The fourth-order valence-corrected chi connectivity index (χ4v) is 2.35. The van der Waals surface area contributed by atoms with Crippen LogP contribution in [0.2, 0.25) is 0 Å². The lowest BCUT2D eigenvalue weighted by atomic mass is 10.2. The van der Waals surface area contributed by atoms with Gasteiger partial charge in [0.25, 0.3) is 5.91 Å². The molecule has 6 heteroatoms. The zero-order valence-electron chi connectivity index (χ0n) is 14.9. The summed E-state index contributed by atoms with van der Waals surface area (Å²) in [6.45, 7) is 5.17. The van der Waals surface area contributed by atoms with Crippen LogP contribution in [0.5, 0.6) is 0 Å². The molecule has 2 heterocycles. The molecule has 3 rings (SSSR count). The highest BCUT2D eigenvalue weighted by Gasteiger charge is 2.13. The molecule has 0 aliphatic rings. The van der Waals surface area contributed by atoms with E-state index in [2.05, 4.69) is 20.6 Å². The van der Waals surface area contributed by atoms with Crippen molar-refractivity contribution in [2.45, 2.75) is 20.4 Å². The molecule has 0 atom stereocenters. The van der Waals surface area contributed by atoms with Crippen LogP contribution >= 0.6 is 0 Å². The number of nitrogens with one attached hydrogen (secondary N) is 2. The van der Waals surface area contributed by atoms with Gasteiger partial charge in [-0.1, -0.05) is 44.2 Å². The van der Waals surface area contributed by atoms with E-state index < -0.39 is 0 Å². The van der Waals surface area contributed by atoms with E-state index in [1.54, 1.807) is 12.3 Å². The van der Waals surface area contributed by atoms with Gasteiger partial charge in [0.05, 0.1) is 12.8 Å². The molecule has 1 amide bonds. The summed E-state index contributed by atoms with van der Waals surface area (Å²) < 4.78 is 5.33. The average molecular weight is 350 g/mol. The molecule has 0 saturated carbocycles. The average Bonchev–Trinajstić information content (AvgIpc) is 3.18. The van der Waals surface area contributed by atoms with Gasteiger partial charge in [-0.05, 0) is 18.1 Å². The molecule has 0 fully saturated rings. The van der Waals surface area contributed by atoms with Crippen molar-refractivity contribution in [2.75, 3.05) is 11.9 Å². The minimum absolute atomic E-state index is 0.209. The van der Waals surface area contributed by atoms with Crippen molar-refractivity contribution in [2.24, 2.45) is 5.92 Å². The fourth-order valence-electron chi connectivity index (χ4n) is 2.35. The van der Waals surface area contributed by atoms with Gasteiger partial charge in [0.1, 0.15) is 17.3 Å². The molecule has 0 aliphatic heterocycles. The van der Waals surface area contributed by atoms with Gasteiger partial charge in [-0.15, -0.1) is 0 Å². The van der Waals surface area contributed by atoms with Gasteiger partial charge in [0, 0.05) is 18.2 Å². The molecule has 0 radical (unpaired) electrons. The van der Waals surface area contributed by atoms with Crippen LogP contribution in [0, 0.1) is 5.92 Å². The Morgan fingerprint density at radius 3 is 2.62 bits per heavy atom. The first kappa shape index (κ1) is 17.7. The Balaban J connectivity index is 1.87. The summed E-state index contributed by atoms with van der Waals surface area (Å²) in [4.78, 5) is 21.4. The number of nitrogens with zero attached hydrogens (tertiary/aromatic N) is 2. The molecule has 3 aromatic rings. The normalized spacial score (nSPS) is 10.7. The molecular formula is C20H22N4O2. The third-order valence-corrected chi connectivity index (χ3v) is 3.69. The summed E-state index contributed by atoms with van der Waals surface area (Å²) in [5, 5.41) is 6.09. The maximum atomic E-state index is 12.5. The maximum Gasteiger partial charge on any atom is 0.270 e. The number of carbonyl (C=O) groups excluding carboxylic acids is 1. The number of anilines is 1. The summed E-state index contributed by atoms with van der Waals surface area (Å²) in [7, 11) is 0. The number of benzene rings is 1. The zero-order valence-corrected chi connectivity index (χ0v) is 14.9. The van der Waals surface area contributed by atoms with Gasteiger partial charge in [0.2, 0.25) is 0 Å². The first-order valence-corrected chi connectivity index (χ1v) is 8.61. The minimum Gasteiger partial charge on any atom is -0.467 e. The third-order valence-electron chi connectivity index (χ3n) is 3.69. The number of hydrogen-bond acceptors (Lipinski definition) is 5. The summed E-state index contributed by atoms with van der Waals surface area (Å²) in [6, 6.07) is 15.0. The van der Waals surface area contributed by atoms with E-state index >= 15 is 0 Å². The van der Waals surface area contributed by atoms with E-state index in [1.165, 1.54) is 0 Å². The zero-order chi connectivity index (χ0) is 18.4. The lowest BCUT2D eigenvalue weighted by Crippen LogP contribution is -2.28. The monoisotopic (exact) mass is 350 g/mol. The second-order valence-corrected chi connectivity index (χ2v) is 6.36. The lowest BCUT2D eigenvalue weighted by molar-refractivity contribution is 0.0944. The van der Waals surface area contributed by atoms with Crippen molar-refractivity contribution < 1.29 is 9.21 Å². The standard InChI is InChI=1S/C20H22N4O2/c1-14(2)12-22-20(25)17-11-18(21-13-16-9-6-10-26-16)24-19(23-17)15-7-4-3-5-8-15/h3-11,14H,12-13H2,1-2H3,(H,22,25)(H,21,23,24). The van der Waals surface area contributed by atoms with E-state index in [-0.39, 0.29) is 5.91 Å². The van der Waals surface area contributed by atoms with E-state index in [1.807, 2.05) is 56.3 Å². The van der Waals surface area contributed by atoms with E-state index in [9.17, 15) is 4.79 Å². The van der Waals surface area contributed by atoms with Gasteiger partial charge in [0.15, 0.2) is 5.82 Å². The Morgan fingerprint density at radius 2 is 1.92 bits per heavy atom. The van der Waals surface area contributed by atoms with Crippen molar-refractivity contribution in [3.8, 4) is 11.4 Å². The highest BCUT2D eigenvalue weighted by atomic mass is 16.3. The maximum absolute atomic E-state index is 12.5. The van der Waals surface area contributed by atoms with Gasteiger partial charge in [-0.3, -0.25) is 4.79 Å². The molecule has 0 saturated heterocycles. The quantitative estimate of drug-likeness (QED) is 0.678. The van der Waals surface area contributed by atoms with Crippen LogP contribution in [0.4, 0.5) is 5.82 Å². The molecule has 0 bridgehead atoms. The Labute approximate surface area is 152 Å². The summed E-state index contributed by atoms with van der Waals surface area (Å²) in [6.07, 6.45) is 1.62. The number of aromatic nitrogens is 2. The van der Waals surface area contributed by atoms with Gasteiger partial charge < -0.3 is 15.1 Å². The van der Waals surface area contributed by atoms with E-state index in [0.717, 1.165) is 11.3 Å². The van der Waals surface area contributed by atoms with Crippen LogP contribution in [0.1, 0.15) is 30.1 Å². The van der Waals surface area contributed by atoms with Gasteiger partial charge >= 0.3 is 0 Å². The Morgan fingerprint density at radius 1 is 1.12 bits per heavy atom. The second kappa shape index (κ2) is 8.29. The minimum atomic E-state index is -0.209. The number of hydrogen-bond donors (Lipinski definition) is 2. The molecule has 0 spiro atoms. The van der Waals surface area contributed by atoms with Crippen LogP contribution in [-0.4, -0.2) is 22.4 Å². The predicted molar refractivity (Wildman–Crippen MR) is 101 cm³/mol. The Bertz CT molecular complexity index is 846. The first-order chi connectivity index (χ1) is 12.6. The van der Waals surface area contributed by atoms with Gasteiger partial charge in [-0.25, -0.2) is 9.97 Å². The topological polar surface area (TPSA) is 80.0 Å². The SMILES string of the molecule is CC(C)CNC(=O)c1cc(NCc2ccco2)nc(-c2ccccc2)n1. The van der Waals surface area contributed by atoms with Crippen LogP contribution in [0.15, 0.2) is 59.2 Å². The fraction of sp³-hybridized carbons (Fsp3) is 0.250. The molecule has 26 heavy (non-hydrogen) atoms. The molecule has 2 aromatic heterocycles. The smallest absolute Gasteiger partial charge is 0.270 e. The highest BCUT2D eigenvalue weighted by Crippen LogP contribution is 2.18. The van der Waals surface area contributed by atoms with Crippen molar-refractivity contribution in [3.63, 3.8) is 0 Å². The number of furan rings is 1. The molecule has 134 valence electrons. The molecule has 2 N–H and O–H groups in total. The Hall–Kier alpha value is -3.15. The molecule has 0 aliphatic carbocycles. The van der Waals surface area contributed by atoms with Crippen LogP contribution in [0.25, 0.3) is 11.4 Å². The molecule has 1 aromatic carbocycles. The van der Waals surface area contributed by atoms with Crippen molar-refractivity contribution in [1.82, 2.24) is 15.3 Å². The highest BCUT2D eigenvalue weighted by molar-refractivity contribution is 5.93. The number of carbonyl (C=O) groups is 1. The Kier molecular flexibility index (Phi) is 5.63. The molecule has 6 nitrogen and oxygen atoms in total. The van der Waals surface area contributed by atoms with Crippen LogP contribution < -0.4 is 10.6 Å². The molecule has 0 unspecified atom stereocenters. The van der Waals surface area contributed by atoms with Crippen molar-refractivity contribution in [1.29, 1.82) is 0 Å². The van der Waals surface area contributed by atoms with E-state index in [0.29, 0.717) is 36.3 Å². The first-order valence-electron chi connectivity index (χ1n) is 8.61. The number of amides is 1. The second-order valence-electron chi connectivity index (χ2n) is 6.36.